The van der Waals surface area contributed by atoms with Gasteiger partial charge in [0, 0.05) is 20.2 Å². The van der Waals surface area contributed by atoms with E-state index in [1.165, 1.54) is 5.56 Å². The maximum absolute atomic E-state index is 13.8. The first-order chi connectivity index (χ1) is 18.0. The second-order valence-electron chi connectivity index (χ2n) is 13.6. The van der Waals surface area contributed by atoms with Gasteiger partial charge in [0.15, 0.2) is 8.32 Å². The molecule has 0 atom stereocenters. The summed E-state index contributed by atoms with van der Waals surface area (Å²) in [6.45, 7) is 19.0. The van der Waals surface area contributed by atoms with Gasteiger partial charge in [-0.15, -0.1) is 0 Å². The van der Waals surface area contributed by atoms with E-state index >= 15 is 0 Å². The van der Waals surface area contributed by atoms with Gasteiger partial charge in [0.05, 0.1) is 36.1 Å². The topological polar surface area (TPSA) is 76.9 Å². The Bertz CT molecular complexity index is 1200. The van der Waals surface area contributed by atoms with Crippen molar-refractivity contribution in [3.8, 4) is 0 Å². The molecular weight excluding hydrogens is 508 g/mol. The molecule has 0 spiro atoms. The molecule has 39 heavy (non-hydrogen) atoms. The zero-order chi connectivity index (χ0) is 28.8. The van der Waals surface area contributed by atoms with Crippen molar-refractivity contribution in [2.24, 2.45) is 0 Å². The molecule has 1 saturated carbocycles. The van der Waals surface area contributed by atoms with Gasteiger partial charge in [-0.3, -0.25) is 9.48 Å². The maximum atomic E-state index is 13.8. The summed E-state index contributed by atoms with van der Waals surface area (Å²) in [5, 5.41) is 4.66. The van der Waals surface area contributed by atoms with Gasteiger partial charge >= 0.3 is 6.09 Å². The normalized spacial score (nSPS) is 17.0. The number of ether oxygens (including phenoxy) is 1. The fourth-order valence-electron chi connectivity index (χ4n) is 4.84. The SMILES string of the molecule is CN(C(=O)c1cnn2c1CN(C(=O)OC(C)(C)C)CC2)C1(c2ccc(CCO[Si](C)(C)C(C)(C)C)cc2)CC1. The molecule has 1 aromatic heterocycles. The van der Waals surface area contributed by atoms with Crippen LogP contribution in [-0.4, -0.2) is 65.7 Å². The molecule has 0 bridgehead atoms. The van der Waals surface area contributed by atoms with Crippen LogP contribution in [0.5, 0.6) is 0 Å². The first-order valence-corrected chi connectivity index (χ1v) is 17.0. The number of amides is 2. The lowest BCUT2D eigenvalue weighted by Gasteiger charge is -2.36. The van der Waals surface area contributed by atoms with E-state index < -0.39 is 13.9 Å². The third-order valence-electron chi connectivity index (χ3n) is 8.57. The van der Waals surface area contributed by atoms with Crippen molar-refractivity contribution in [3.05, 3.63) is 52.8 Å². The van der Waals surface area contributed by atoms with Crippen molar-refractivity contribution in [1.82, 2.24) is 19.6 Å². The summed E-state index contributed by atoms with van der Waals surface area (Å²) in [5.74, 6) is -0.0633. The quantitative estimate of drug-likeness (QED) is 0.395. The molecule has 1 aliphatic carbocycles. The van der Waals surface area contributed by atoms with Gasteiger partial charge in [0.2, 0.25) is 0 Å². The molecule has 0 saturated heterocycles. The van der Waals surface area contributed by atoms with Crippen LogP contribution in [0.4, 0.5) is 4.79 Å². The van der Waals surface area contributed by atoms with Crippen LogP contribution in [0.25, 0.3) is 0 Å². The maximum Gasteiger partial charge on any atom is 0.410 e. The number of nitrogens with zero attached hydrogens (tertiary/aromatic N) is 4. The fraction of sp³-hybridized carbons (Fsp3) is 0.633. The number of carbonyl (C=O) groups is 2. The Morgan fingerprint density at radius 1 is 1.05 bits per heavy atom. The Hall–Kier alpha value is -2.65. The van der Waals surface area contributed by atoms with Crippen molar-refractivity contribution in [2.75, 3.05) is 20.2 Å². The Balaban J connectivity index is 1.42. The number of fused-ring (bicyclic) bond motifs is 1. The van der Waals surface area contributed by atoms with Crippen LogP contribution in [0.15, 0.2) is 30.5 Å². The van der Waals surface area contributed by atoms with Crippen LogP contribution in [-0.2, 0) is 34.2 Å². The highest BCUT2D eigenvalue weighted by atomic mass is 28.4. The van der Waals surface area contributed by atoms with E-state index in [2.05, 4.69) is 63.2 Å². The number of hydrogen-bond acceptors (Lipinski definition) is 5. The van der Waals surface area contributed by atoms with Gasteiger partial charge < -0.3 is 19.0 Å². The Labute approximate surface area is 234 Å². The molecule has 9 heteroatoms. The lowest BCUT2D eigenvalue weighted by molar-refractivity contribution is 0.0192. The highest BCUT2D eigenvalue weighted by Gasteiger charge is 2.50. The van der Waals surface area contributed by atoms with Gasteiger partial charge in [-0.2, -0.15) is 5.10 Å². The smallest absolute Gasteiger partial charge is 0.410 e. The number of aromatic nitrogens is 2. The molecule has 1 aliphatic heterocycles. The van der Waals surface area contributed by atoms with Gasteiger partial charge in [-0.1, -0.05) is 45.0 Å². The summed E-state index contributed by atoms with van der Waals surface area (Å²) in [4.78, 5) is 29.9. The van der Waals surface area contributed by atoms with E-state index in [0.29, 0.717) is 25.2 Å². The minimum absolute atomic E-state index is 0.0633. The monoisotopic (exact) mass is 554 g/mol. The molecule has 0 radical (unpaired) electrons. The summed E-state index contributed by atoms with van der Waals surface area (Å²) in [6.07, 6.45) is 4.02. The predicted octanol–water partition coefficient (Wildman–Crippen LogP) is 5.96. The van der Waals surface area contributed by atoms with Crippen molar-refractivity contribution < 1.29 is 18.8 Å². The fourth-order valence-corrected chi connectivity index (χ4v) is 5.89. The average molecular weight is 555 g/mol. The van der Waals surface area contributed by atoms with Crippen molar-refractivity contribution >= 4 is 20.3 Å². The summed E-state index contributed by atoms with van der Waals surface area (Å²) >= 11 is 0. The predicted molar refractivity (Wildman–Crippen MR) is 155 cm³/mol. The van der Waals surface area contributed by atoms with E-state index in [9.17, 15) is 9.59 Å². The largest absolute Gasteiger partial charge is 0.444 e. The summed E-state index contributed by atoms with van der Waals surface area (Å²) in [5.41, 5.74) is 2.84. The van der Waals surface area contributed by atoms with E-state index in [0.717, 1.165) is 37.1 Å². The number of hydrogen-bond donors (Lipinski definition) is 0. The molecule has 0 unspecified atom stereocenters. The molecular formula is C30H46N4O4Si. The molecule has 0 N–H and O–H groups in total. The van der Waals surface area contributed by atoms with Crippen molar-refractivity contribution in [2.45, 2.75) is 103 Å². The highest BCUT2D eigenvalue weighted by Crippen LogP contribution is 2.51. The highest BCUT2D eigenvalue weighted by molar-refractivity contribution is 6.74. The van der Waals surface area contributed by atoms with Crippen molar-refractivity contribution in [1.29, 1.82) is 0 Å². The van der Waals surface area contributed by atoms with E-state index in [1.807, 2.05) is 37.4 Å². The van der Waals surface area contributed by atoms with Crippen LogP contribution in [0, 0.1) is 0 Å². The van der Waals surface area contributed by atoms with Crippen LogP contribution in [0.2, 0.25) is 18.1 Å². The first kappa shape index (κ1) is 29.3. The number of benzene rings is 1. The van der Waals surface area contributed by atoms with Gasteiger partial charge in [0.1, 0.15) is 5.60 Å². The Kier molecular flexibility index (Phi) is 7.82. The second-order valence-corrected chi connectivity index (χ2v) is 18.4. The third kappa shape index (κ3) is 6.24. The second kappa shape index (κ2) is 10.4. The van der Waals surface area contributed by atoms with E-state index in [1.54, 1.807) is 11.1 Å². The zero-order valence-corrected chi connectivity index (χ0v) is 26.3. The molecule has 2 amide bonds. The van der Waals surface area contributed by atoms with Gasteiger partial charge in [0.25, 0.3) is 5.91 Å². The molecule has 2 aromatic rings. The molecule has 1 aromatic carbocycles. The molecule has 1 fully saturated rings. The van der Waals surface area contributed by atoms with Gasteiger partial charge in [-0.05, 0) is 69.3 Å². The Morgan fingerprint density at radius 2 is 1.69 bits per heavy atom. The van der Waals surface area contributed by atoms with E-state index in [4.69, 9.17) is 9.16 Å². The van der Waals surface area contributed by atoms with Crippen LogP contribution in [0.3, 0.4) is 0 Å². The van der Waals surface area contributed by atoms with E-state index in [-0.39, 0.29) is 22.6 Å². The molecule has 2 heterocycles. The Morgan fingerprint density at radius 3 is 2.26 bits per heavy atom. The standard InChI is InChI=1S/C30H46N4O4Si/c1-28(2,3)38-27(36)33-17-18-34-25(21-33)24(20-31-34)26(35)32(7)30(15-16-30)23-12-10-22(11-13-23)14-19-37-39(8,9)29(4,5)6/h10-13,20H,14-19,21H2,1-9H3. The lowest BCUT2D eigenvalue weighted by atomic mass is 10.00. The summed E-state index contributed by atoms with van der Waals surface area (Å²) in [7, 11) is 0.128. The molecule has 8 nitrogen and oxygen atoms in total. The van der Waals surface area contributed by atoms with Crippen LogP contribution < -0.4 is 0 Å². The number of carbonyl (C=O) groups excluding carboxylic acids is 2. The molecule has 2 aliphatic rings. The third-order valence-corrected chi connectivity index (χ3v) is 13.1. The van der Waals surface area contributed by atoms with Crippen LogP contribution in [0.1, 0.15) is 81.6 Å². The van der Waals surface area contributed by atoms with Crippen LogP contribution >= 0.6 is 0 Å². The first-order valence-electron chi connectivity index (χ1n) is 14.1. The summed E-state index contributed by atoms with van der Waals surface area (Å²) in [6, 6.07) is 8.67. The number of rotatable bonds is 7. The minimum Gasteiger partial charge on any atom is -0.444 e. The zero-order valence-electron chi connectivity index (χ0n) is 25.3. The van der Waals surface area contributed by atoms with Crippen molar-refractivity contribution in [3.63, 3.8) is 0 Å². The lowest BCUT2D eigenvalue weighted by Crippen LogP contribution is -2.43. The molecule has 214 valence electrons. The molecule has 4 rings (SSSR count). The average Bonchev–Trinajstić information content (AvgIpc) is 3.54. The van der Waals surface area contributed by atoms with Gasteiger partial charge in [-0.25, -0.2) is 4.79 Å². The summed E-state index contributed by atoms with van der Waals surface area (Å²) < 4.78 is 13.8. The minimum atomic E-state index is -1.76.